The Morgan fingerprint density at radius 3 is 2.19 bits per heavy atom. The van der Waals surface area contributed by atoms with E-state index in [4.69, 9.17) is 4.98 Å². The van der Waals surface area contributed by atoms with Crippen molar-refractivity contribution in [3.05, 3.63) is 47.0 Å². The summed E-state index contributed by atoms with van der Waals surface area (Å²) < 4.78 is 1.30. The van der Waals surface area contributed by atoms with Crippen LogP contribution in [0.15, 0.2) is 30.3 Å². The number of fused-ring (bicyclic) bond motifs is 1. The third-order valence-electron chi connectivity index (χ3n) is 4.97. The van der Waals surface area contributed by atoms with E-state index in [2.05, 4.69) is 81.8 Å². The second kappa shape index (κ2) is 8.30. The number of aryl methyl sites for hydroxylation is 3. The summed E-state index contributed by atoms with van der Waals surface area (Å²) >= 11 is 1.80. The minimum Gasteiger partial charge on any atom is -0.370 e. The molecular weight excluding hydrogens is 350 g/mol. The maximum absolute atomic E-state index is 4.97. The molecule has 0 saturated heterocycles. The number of benzene rings is 2. The quantitative estimate of drug-likeness (QED) is 0.459. The maximum atomic E-state index is 4.97. The van der Waals surface area contributed by atoms with Gasteiger partial charge in [0.15, 0.2) is 5.13 Å². The molecule has 0 bridgehead atoms. The maximum Gasteiger partial charge on any atom is 0.190 e. The fourth-order valence-corrected chi connectivity index (χ4v) is 5.08. The molecule has 3 rings (SSSR count). The molecule has 27 heavy (non-hydrogen) atoms. The molecule has 0 spiro atoms. The van der Waals surface area contributed by atoms with Crippen molar-refractivity contribution in [3.63, 3.8) is 0 Å². The van der Waals surface area contributed by atoms with Gasteiger partial charge < -0.3 is 9.80 Å². The molecule has 0 radical (unpaired) electrons. The first-order valence-corrected chi connectivity index (χ1v) is 10.7. The highest BCUT2D eigenvalue weighted by Crippen LogP contribution is 2.39. The van der Waals surface area contributed by atoms with Crippen molar-refractivity contribution in [3.8, 4) is 0 Å². The van der Waals surface area contributed by atoms with Gasteiger partial charge in [0.1, 0.15) is 0 Å². The Bertz CT molecular complexity index is 900. The molecule has 3 aromatic rings. The van der Waals surface area contributed by atoms with E-state index >= 15 is 0 Å². The van der Waals surface area contributed by atoms with Crippen LogP contribution in [0.2, 0.25) is 0 Å². The summed E-state index contributed by atoms with van der Waals surface area (Å²) in [6.07, 6.45) is 2.31. The Hall–Kier alpha value is -2.07. The van der Waals surface area contributed by atoms with Gasteiger partial charge in [-0.05, 0) is 56.9 Å². The monoisotopic (exact) mass is 381 g/mol. The smallest absolute Gasteiger partial charge is 0.190 e. The Balaban J connectivity index is 2.06. The summed E-state index contributed by atoms with van der Waals surface area (Å²) in [5, 5.41) is 1.06. The van der Waals surface area contributed by atoms with Crippen molar-refractivity contribution < 1.29 is 0 Å². The predicted molar refractivity (Wildman–Crippen MR) is 121 cm³/mol. The lowest BCUT2D eigenvalue weighted by atomic mass is 10.0. The number of thiazole rings is 1. The SMILES string of the molecule is CCCN(CCC)c1cccc2nc(N(C)c3c(C)cc(C)cc3C)sc12. The Labute approximate surface area is 167 Å². The molecule has 3 nitrogen and oxygen atoms in total. The summed E-state index contributed by atoms with van der Waals surface area (Å²) in [5.41, 5.74) is 7.59. The van der Waals surface area contributed by atoms with Crippen LogP contribution >= 0.6 is 11.3 Å². The van der Waals surface area contributed by atoms with Crippen LogP contribution in [-0.4, -0.2) is 25.1 Å². The molecule has 0 amide bonds. The van der Waals surface area contributed by atoms with Gasteiger partial charge in [0.2, 0.25) is 0 Å². The molecule has 0 aliphatic carbocycles. The van der Waals surface area contributed by atoms with Crippen LogP contribution in [0.1, 0.15) is 43.4 Å². The van der Waals surface area contributed by atoms with Gasteiger partial charge >= 0.3 is 0 Å². The molecule has 0 saturated carbocycles. The Morgan fingerprint density at radius 1 is 0.963 bits per heavy atom. The molecule has 1 heterocycles. The lowest BCUT2D eigenvalue weighted by Crippen LogP contribution is -2.24. The van der Waals surface area contributed by atoms with Crippen molar-refractivity contribution in [1.29, 1.82) is 0 Å². The number of nitrogens with zero attached hydrogens (tertiary/aromatic N) is 3. The summed E-state index contributed by atoms with van der Waals surface area (Å²) in [5.74, 6) is 0. The van der Waals surface area contributed by atoms with E-state index in [1.54, 1.807) is 11.3 Å². The van der Waals surface area contributed by atoms with Crippen LogP contribution in [0, 0.1) is 20.8 Å². The number of hydrogen-bond acceptors (Lipinski definition) is 4. The first-order chi connectivity index (χ1) is 13.0. The molecular formula is C23H31N3S. The number of hydrogen-bond donors (Lipinski definition) is 0. The largest absolute Gasteiger partial charge is 0.370 e. The zero-order valence-electron chi connectivity index (χ0n) is 17.5. The van der Waals surface area contributed by atoms with E-state index in [0.29, 0.717) is 0 Å². The van der Waals surface area contributed by atoms with E-state index in [0.717, 1.165) is 36.6 Å². The minimum atomic E-state index is 1.06. The molecule has 0 aliphatic heterocycles. The van der Waals surface area contributed by atoms with Crippen molar-refractivity contribution in [1.82, 2.24) is 4.98 Å². The van der Waals surface area contributed by atoms with Crippen LogP contribution in [0.3, 0.4) is 0 Å². The summed E-state index contributed by atoms with van der Waals surface area (Å²) in [6, 6.07) is 11.0. The number of aromatic nitrogens is 1. The fourth-order valence-electron chi connectivity index (χ4n) is 4.00. The van der Waals surface area contributed by atoms with Gasteiger partial charge in [-0.1, -0.05) is 48.9 Å². The fraction of sp³-hybridized carbons (Fsp3) is 0.435. The molecule has 4 heteroatoms. The van der Waals surface area contributed by atoms with Gasteiger partial charge in [-0.2, -0.15) is 0 Å². The molecule has 0 N–H and O–H groups in total. The first-order valence-electron chi connectivity index (χ1n) is 9.92. The van der Waals surface area contributed by atoms with E-state index in [1.165, 1.54) is 32.8 Å². The van der Waals surface area contributed by atoms with Crippen molar-refractivity contribution in [2.24, 2.45) is 0 Å². The lowest BCUT2D eigenvalue weighted by Gasteiger charge is -2.24. The second-order valence-electron chi connectivity index (χ2n) is 7.42. The zero-order chi connectivity index (χ0) is 19.6. The lowest BCUT2D eigenvalue weighted by molar-refractivity contribution is 0.748. The normalized spacial score (nSPS) is 11.2. The van der Waals surface area contributed by atoms with Crippen LogP contribution in [0.5, 0.6) is 0 Å². The highest BCUT2D eigenvalue weighted by Gasteiger charge is 2.18. The minimum absolute atomic E-state index is 1.06. The van der Waals surface area contributed by atoms with Crippen LogP contribution in [0.4, 0.5) is 16.5 Å². The first kappa shape index (κ1) is 19.7. The van der Waals surface area contributed by atoms with E-state index in [9.17, 15) is 0 Å². The highest BCUT2D eigenvalue weighted by atomic mass is 32.1. The van der Waals surface area contributed by atoms with Crippen LogP contribution in [0.25, 0.3) is 10.2 Å². The highest BCUT2D eigenvalue weighted by molar-refractivity contribution is 7.22. The van der Waals surface area contributed by atoms with Crippen LogP contribution in [-0.2, 0) is 0 Å². The van der Waals surface area contributed by atoms with Crippen LogP contribution < -0.4 is 9.80 Å². The summed E-state index contributed by atoms with van der Waals surface area (Å²) in [6.45, 7) is 13.2. The summed E-state index contributed by atoms with van der Waals surface area (Å²) in [4.78, 5) is 9.73. The molecule has 0 aliphatic rings. The summed E-state index contributed by atoms with van der Waals surface area (Å²) in [7, 11) is 2.14. The zero-order valence-corrected chi connectivity index (χ0v) is 18.3. The van der Waals surface area contributed by atoms with Crippen molar-refractivity contribution in [2.45, 2.75) is 47.5 Å². The van der Waals surface area contributed by atoms with Gasteiger partial charge in [-0.25, -0.2) is 4.98 Å². The molecule has 1 aromatic heterocycles. The average molecular weight is 382 g/mol. The van der Waals surface area contributed by atoms with E-state index < -0.39 is 0 Å². The average Bonchev–Trinajstić information content (AvgIpc) is 3.05. The van der Waals surface area contributed by atoms with Gasteiger partial charge in [0, 0.05) is 25.8 Å². The number of anilines is 3. The second-order valence-corrected chi connectivity index (χ2v) is 8.39. The molecule has 144 valence electrons. The van der Waals surface area contributed by atoms with Crippen molar-refractivity contribution >= 4 is 38.1 Å². The topological polar surface area (TPSA) is 19.4 Å². The molecule has 0 atom stereocenters. The standard InChI is InChI=1S/C23H31N3S/c1-7-12-26(13-8-2)20-11-9-10-19-22(20)27-23(24-19)25(6)21-17(4)14-16(3)15-18(21)5/h9-11,14-15H,7-8,12-13H2,1-6H3. The van der Waals surface area contributed by atoms with E-state index in [-0.39, 0.29) is 0 Å². The molecule has 2 aromatic carbocycles. The number of rotatable bonds is 7. The van der Waals surface area contributed by atoms with Gasteiger partial charge in [0.05, 0.1) is 15.9 Å². The third-order valence-corrected chi connectivity index (χ3v) is 6.14. The van der Waals surface area contributed by atoms with E-state index in [1.807, 2.05) is 0 Å². The predicted octanol–water partition coefficient (Wildman–Crippen LogP) is 6.62. The van der Waals surface area contributed by atoms with Gasteiger partial charge in [-0.3, -0.25) is 0 Å². The van der Waals surface area contributed by atoms with Gasteiger partial charge in [0.25, 0.3) is 0 Å². The Kier molecular flexibility index (Phi) is 6.05. The molecule has 0 fully saturated rings. The third kappa shape index (κ3) is 3.96. The molecule has 0 unspecified atom stereocenters. The van der Waals surface area contributed by atoms with Gasteiger partial charge in [-0.15, -0.1) is 0 Å². The van der Waals surface area contributed by atoms with Crippen molar-refractivity contribution in [2.75, 3.05) is 29.9 Å². The Morgan fingerprint density at radius 2 is 1.59 bits per heavy atom.